The van der Waals surface area contributed by atoms with Gasteiger partial charge in [-0.15, -0.1) is 0 Å². The van der Waals surface area contributed by atoms with E-state index in [1.54, 1.807) is 0 Å². The molecule has 2 rings (SSSR count). The summed E-state index contributed by atoms with van der Waals surface area (Å²) in [6.07, 6.45) is 0.680. The van der Waals surface area contributed by atoms with Gasteiger partial charge in [0, 0.05) is 0 Å². The number of nitrogens with two attached hydrogens (primary N) is 1. The van der Waals surface area contributed by atoms with Crippen molar-refractivity contribution < 1.29 is 17.9 Å². The summed E-state index contributed by atoms with van der Waals surface area (Å²) < 4.78 is 43.3. The van der Waals surface area contributed by atoms with Crippen LogP contribution in [0.25, 0.3) is 0 Å². The molecule has 100 valence electrons. The molecule has 0 amide bonds. The minimum atomic E-state index is -4.36. The minimum absolute atomic E-state index is 0.00969. The molecule has 0 atom stereocenters. The molecule has 1 aromatic rings. The molecule has 1 saturated carbocycles. The van der Waals surface area contributed by atoms with Crippen molar-refractivity contribution in [3.05, 3.63) is 23.8 Å². The average molecular weight is 259 g/mol. The Morgan fingerprint density at radius 3 is 2.39 bits per heavy atom. The van der Waals surface area contributed by atoms with Crippen molar-refractivity contribution in [3.8, 4) is 5.75 Å². The summed E-state index contributed by atoms with van der Waals surface area (Å²) in [6, 6.07) is 3.22. The number of hydrogen-bond donors (Lipinski definition) is 1. The van der Waals surface area contributed by atoms with Gasteiger partial charge in [0.1, 0.15) is 5.75 Å². The lowest BCUT2D eigenvalue weighted by molar-refractivity contribution is -0.137. The first-order valence-corrected chi connectivity index (χ1v) is 6.10. The predicted molar refractivity (Wildman–Crippen MR) is 63.4 cm³/mol. The lowest BCUT2D eigenvalue weighted by atomic mass is 9.98. The van der Waals surface area contributed by atoms with Crippen LogP contribution in [-0.2, 0) is 6.18 Å². The second-order valence-electron chi connectivity index (χ2n) is 4.63. The Hall–Kier alpha value is -1.39. The molecule has 0 radical (unpaired) electrons. The van der Waals surface area contributed by atoms with Gasteiger partial charge >= 0.3 is 6.18 Å². The van der Waals surface area contributed by atoms with Crippen LogP contribution in [0.5, 0.6) is 5.75 Å². The van der Waals surface area contributed by atoms with E-state index in [1.165, 1.54) is 6.07 Å². The molecule has 18 heavy (non-hydrogen) atoms. The Kier molecular flexibility index (Phi) is 3.68. The van der Waals surface area contributed by atoms with Crippen molar-refractivity contribution in [2.45, 2.75) is 44.4 Å². The highest BCUT2D eigenvalue weighted by atomic mass is 19.4. The van der Waals surface area contributed by atoms with Crippen LogP contribution in [0.2, 0.25) is 0 Å². The molecule has 0 aromatic heterocycles. The van der Waals surface area contributed by atoms with E-state index in [1.807, 2.05) is 0 Å². The molecule has 5 heteroatoms. The fraction of sp³-hybridized carbons (Fsp3) is 0.538. The number of ether oxygens (including phenoxy) is 1. The Bertz CT molecular complexity index is 411. The Morgan fingerprint density at radius 2 is 1.78 bits per heavy atom. The van der Waals surface area contributed by atoms with Crippen LogP contribution in [0, 0.1) is 0 Å². The molecule has 1 aliphatic carbocycles. The van der Waals surface area contributed by atoms with E-state index in [4.69, 9.17) is 10.5 Å². The van der Waals surface area contributed by atoms with Crippen LogP contribution in [-0.4, -0.2) is 6.10 Å². The predicted octanol–water partition coefficient (Wildman–Crippen LogP) is 4.00. The van der Waals surface area contributed by atoms with Crippen molar-refractivity contribution >= 4 is 5.69 Å². The maximum Gasteiger partial charge on any atom is 0.416 e. The van der Waals surface area contributed by atoms with E-state index >= 15 is 0 Å². The fourth-order valence-corrected chi connectivity index (χ4v) is 2.18. The van der Waals surface area contributed by atoms with Gasteiger partial charge < -0.3 is 10.5 Å². The first kappa shape index (κ1) is 13.1. The van der Waals surface area contributed by atoms with Crippen molar-refractivity contribution in [1.82, 2.24) is 0 Å². The standard InChI is InChI=1S/C13H16F3NO/c14-13(15,16)9-6-7-11(17)12(8-9)18-10-4-2-1-3-5-10/h6-8,10H,1-5,17H2. The second kappa shape index (κ2) is 5.08. The summed E-state index contributed by atoms with van der Waals surface area (Å²) in [5.41, 5.74) is 5.20. The number of rotatable bonds is 2. The van der Waals surface area contributed by atoms with Crippen LogP contribution in [0.3, 0.4) is 0 Å². The van der Waals surface area contributed by atoms with E-state index in [0.29, 0.717) is 0 Å². The van der Waals surface area contributed by atoms with Crippen LogP contribution >= 0.6 is 0 Å². The molecule has 1 fully saturated rings. The maximum absolute atomic E-state index is 12.6. The van der Waals surface area contributed by atoms with E-state index in [9.17, 15) is 13.2 Å². The molecule has 0 spiro atoms. The largest absolute Gasteiger partial charge is 0.488 e. The van der Waals surface area contributed by atoms with Crippen molar-refractivity contribution in [2.24, 2.45) is 0 Å². The van der Waals surface area contributed by atoms with Gasteiger partial charge in [0.2, 0.25) is 0 Å². The Morgan fingerprint density at radius 1 is 1.11 bits per heavy atom. The highest BCUT2D eigenvalue weighted by molar-refractivity contribution is 5.54. The van der Waals surface area contributed by atoms with Gasteiger partial charge in [0.15, 0.2) is 0 Å². The van der Waals surface area contributed by atoms with Gasteiger partial charge in [-0.3, -0.25) is 0 Å². The molecule has 2 nitrogen and oxygen atoms in total. The summed E-state index contributed by atoms with van der Waals surface area (Å²) in [5, 5.41) is 0. The third-order valence-corrected chi connectivity index (χ3v) is 3.19. The summed E-state index contributed by atoms with van der Waals surface area (Å²) in [6.45, 7) is 0. The quantitative estimate of drug-likeness (QED) is 0.815. The molecule has 1 aliphatic rings. The third kappa shape index (κ3) is 3.09. The lowest BCUT2D eigenvalue weighted by Crippen LogP contribution is -2.20. The van der Waals surface area contributed by atoms with Gasteiger partial charge in [-0.2, -0.15) is 13.2 Å². The number of benzene rings is 1. The number of nitrogen functional groups attached to an aromatic ring is 1. The maximum atomic E-state index is 12.6. The third-order valence-electron chi connectivity index (χ3n) is 3.19. The number of alkyl halides is 3. The van der Waals surface area contributed by atoms with E-state index in [0.717, 1.165) is 44.2 Å². The summed E-state index contributed by atoms with van der Waals surface area (Å²) in [5.74, 6) is 0.150. The van der Waals surface area contributed by atoms with Crippen molar-refractivity contribution in [1.29, 1.82) is 0 Å². The minimum Gasteiger partial charge on any atom is -0.488 e. The number of halogens is 3. The van der Waals surface area contributed by atoms with Gasteiger partial charge in [-0.1, -0.05) is 6.42 Å². The highest BCUT2D eigenvalue weighted by Gasteiger charge is 2.31. The van der Waals surface area contributed by atoms with Gasteiger partial charge in [0.05, 0.1) is 17.4 Å². The smallest absolute Gasteiger partial charge is 0.416 e. The SMILES string of the molecule is Nc1ccc(C(F)(F)F)cc1OC1CCCCC1. The molecule has 0 unspecified atom stereocenters. The van der Waals surface area contributed by atoms with Gasteiger partial charge in [0.25, 0.3) is 0 Å². The van der Waals surface area contributed by atoms with Crippen molar-refractivity contribution in [3.63, 3.8) is 0 Å². The molecule has 1 aromatic carbocycles. The van der Waals surface area contributed by atoms with Crippen LogP contribution in [0.15, 0.2) is 18.2 Å². The summed E-state index contributed by atoms with van der Waals surface area (Å²) >= 11 is 0. The monoisotopic (exact) mass is 259 g/mol. The normalized spacial score (nSPS) is 17.7. The van der Waals surface area contributed by atoms with Crippen LogP contribution in [0.4, 0.5) is 18.9 Å². The lowest BCUT2D eigenvalue weighted by Gasteiger charge is -2.24. The van der Waals surface area contributed by atoms with Crippen LogP contribution < -0.4 is 10.5 Å². The summed E-state index contributed by atoms with van der Waals surface area (Å²) in [4.78, 5) is 0. The highest BCUT2D eigenvalue weighted by Crippen LogP contribution is 2.35. The van der Waals surface area contributed by atoms with E-state index in [-0.39, 0.29) is 17.5 Å². The van der Waals surface area contributed by atoms with Gasteiger partial charge in [-0.05, 0) is 43.9 Å². The molecule has 0 bridgehead atoms. The molecule has 0 heterocycles. The fourth-order valence-electron chi connectivity index (χ4n) is 2.18. The zero-order chi connectivity index (χ0) is 13.2. The molecular weight excluding hydrogens is 243 g/mol. The first-order chi connectivity index (χ1) is 8.47. The molecule has 0 saturated heterocycles. The zero-order valence-electron chi connectivity index (χ0n) is 9.96. The number of hydrogen-bond acceptors (Lipinski definition) is 2. The molecule has 2 N–H and O–H groups in total. The second-order valence-corrected chi connectivity index (χ2v) is 4.63. The van der Waals surface area contributed by atoms with E-state index in [2.05, 4.69) is 0 Å². The topological polar surface area (TPSA) is 35.2 Å². The van der Waals surface area contributed by atoms with Gasteiger partial charge in [-0.25, -0.2) is 0 Å². The molecule has 0 aliphatic heterocycles. The van der Waals surface area contributed by atoms with Crippen molar-refractivity contribution in [2.75, 3.05) is 5.73 Å². The van der Waals surface area contributed by atoms with Crippen LogP contribution in [0.1, 0.15) is 37.7 Å². The Labute approximate surface area is 104 Å². The summed E-state index contributed by atoms with van der Waals surface area (Å²) in [7, 11) is 0. The number of anilines is 1. The average Bonchev–Trinajstić information content (AvgIpc) is 2.32. The zero-order valence-corrected chi connectivity index (χ0v) is 9.96. The Balaban J connectivity index is 2.15. The first-order valence-electron chi connectivity index (χ1n) is 6.10. The molecular formula is C13H16F3NO. The van der Waals surface area contributed by atoms with E-state index < -0.39 is 11.7 Å².